The van der Waals surface area contributed by atoms with Crippen molar-refractivity contribution in [2.75, 3.05) is 44.7 Å². The lowest BCUT2D eigenvalue weighted by Crippen LogP contribution is -2.48. The van der Waals surface area contributed by atoms with Crippen molar-refractivity contribution in [1.29, 1.82) is 0 Å². The standard InChI is InChI=1S/C22H33N7O.HI/c1-17-5-8-28(15-20(17)29-9-7-24-16-29)22(23-3)26-13-19-4-6-25-21(12-19)27-10-11-30-18(2)14-27;/h4,6-7,9,12,16-18,20H,5,8,10-11,13-15H2,1-3H3,(H,23,26);1H. The van der Waals surface area contributed by atoms with Crippen LogP contribution >= 0.6 is 24.0 Å². The van der Waals surface area contributed by atoms with E-state index in [2.05, 4.69) is 66.8 Å². The molecule has 2 aliphatic heterocycles. The molecule has 0 radical (unpaired) electrons. The van der Waals surface area contributed by atoms with Gasteiger partial charge in [0, 0.05) is 58.4 Å². The molecule has 4 heterocycles. The Hall–Kier alpha value is -1.88. The molecule has 0 aliphatic carbocycles. The molecule has 0 aromatic carbocycles. The second-order valence-electron chi connectivity index (χ2n) is 8.34. The first-order chi connectivity index (χ1) is 14.6. The predicted octanol–water partition coefficient (Wildman–Crippen LogP) is 2.78. The molecule has 2 aromatic rings. The Kier molecular flexibility index (Phi) is 8.53. The van der Waals surface area contributed by atoms with Crippen LogP contribution in [-0.2, 0) is 11.3 Å². The number of nitrogens with one attached hydrogen (secondary N) is 1. The molecule has 2 aromatic heterocycles. The molecular weight excluding hydrogens is 505 g/mol. The van der Waals surface area contributed by atoms with Crippen LogP contribution in [0, 0.1) is 5.92 Å². The number of anilines is 1. The smallest absolute Gasteiger partial charge is 0.193 e. The van der Waals surface area contributed by atoms with Gasteiger partial charge in [-0.25, -0.2) is 9.97 Å². The third kappa shape index (κ3) is 5.88. The summed E-state index contributed by atoms with van der Waals surface area (Å²) in [7, 11) is 1.86. The zero-order valence-electron chi connectivity index (χ0n) is 18.6. The molecule has 0 saturated carbocycles. The molecular formula is C22H34IN7O. The molecule has 3 unspecified atom stereocenters. The predicted molar refractivity (Wildman–Crippen MR) is 134 cm³/mol. The Morgan fingerprint density at radius 2 is 2.13 bits per heavy atom. The van der Waals surface area contributed by atoms with Gasteiger partial charge in [0.15, 0.2) is 5.96 Å². The summed E-state index contributed by atoms with van der Waals surface area (Å²) in [4.78, 5) is 18.0. The minimum atomic E-state index is 0. The van der Waals surface area contributed by atoms with Gasteiger partial charge in [-0.05, 0) is 37.0 Å². The Labute approximate surface area is 202 Å². The maximum atomic E-state index is 5.65. The van der Waals surface area contributed by atoms with Gasteiger partial charge in [-0.15, -0.1) is 24.0 Å². The fraction of sp³-hybridized carbons (Fsp3) is 0.591. The van der Waals surface area contributed by atoms with E-state index >= 15 is 0 Å². The Bertz CT molecular complexity index is 844. The highest BCUT2D eigenvalue weighted by Gasteiger charge is 2.29. The zero-order valence-corrected chi connectivity index (χ0v) is 21.0. The van der Waals surface area contributed by atoms with Crippen LogP contribution in [0.5, 0.6) is 0 Å². The number of piperidine rings is 1. The molecule has 4 rings (SSSR count). The number of imidazole rings is 1. The lowest BCUT2D eigenvalue weighted by atomic mass is 9.93. The van der Waals surface area contributed by atoms with Crippen molar-refractivity contribution in [1.82, 2.24) is 24.8 Å². The third-order valence-electron chi connectivity index (χ3n) is 6.16. The van der Waals surface area contributed by atoms with Gasteiger partial charge >= 0.3 is 0 Å². The molecule has 170 valence electrons. The molecule has 2 saturated heterocycles. The number of aliphatic imine (C=N–C) groups is 1. The number of ether oxygens (including phenoxy) is 1. The molecule has 1 N–H and O–H groups in total. The second-order valence-corrected chi connectivity index (χ2v) is 8.34. The zero-order chi connectivity index (χ0) is 20.9. The summed E-state index contributed by atoms with van der Waals surface area (Å²) in [5.74, 6) is 2.59. The van der Waals surface area contributed by atoms with Gasteiger partial charge in [-0.2, -0.15) is 0 Å². The molecule has 0 bridgehead atoms. The first-order valence-electron chi connectivity index (χ1n) is 10.9. The number of pyridine rings is 1. The second kappa shape index (κ2) is 11.1. The Balaban J connectivity index is 0.00000272. The fourth-order valence-electron chi connectivity index (χ4n) is 4.38. The maximum absolute atomic E-state index is 5.65. The van der Waals surface area contributed by atoms with Crippen LogP contribution in [0.25, 0.3) is 0 Å². The molecule has 8 nitrogen and oxygen atoms in total. The highest BCUT2D eigenvalue weighted by Crippen LogP contribution is 2.27. The third-order valence-corrected chi connectivity index (χ3v) is 6.16. The van der Waals surface area contributed by atoms with Crippen molar-refractivity contribution >= 4 is 35.8 Å². The Morgan fingerprint density at radius 3 is 2.87 bits per heavy atom. The number of guanidine groups is 1. The molecule has 9 heteroatoms. The molecule has 0 spiro atoms. The van der Waals surface area contributed by atoms with Gasteiger partial charge in [-0.3, -0.25) is 4.99 Å². The normalized spacial score (nSPS) is 24.6. The van der Waals surface area contributed by atoms with E-state index in [9.17, 15) is 0 Å². The summed E-state index contributed by atoms with van der Waals surface area (Å²) >= 11 is 0. The highest BCUT2D eigenvalue weighted by atomic mass is 127. The van der Waals surface area contributed by atoms with E-state index in [1.165, 1.54) is 5.56 Å². The number of aromatic nitrogens is 3. The minimum absolute atomic E-state index is 0. The van der Waals surface area contributed by atoms with Crippen molar-refractivity contribution in [2.24, 2.45) is 10.9 Å². The van der Waals surface area contributed by atoms with E-state index in [4.69, 9.17) is 4.74 Å². The average Bonchev–Trinajstić information content (AvgIpc) is 3.30. The van der Waals surface area contributed by atoms with Crippen molar-refractivity contribution in [3.63, 3.8) is 0 Å². The van der Waals surface area contributed by atoms with Crippen LogP contribution in [0.4, 0.5) is 5.82 Å². The van der Waals surface area contributed by atoms with E-state index in [0.29, 0.717) is 12.0 Å². The van der Waals surface area contributed by atoms with Crippen LogP contribution < -0.4 is 10.2 Å². The van der Waals surface area contributed by atoms with Gasteiger partial charge in [0.05, 0.1) is 25.1 Å². The minimum Gasteiger partial charge on any atom is -0.375 e. The van der Waals surface area contributed by atoms with Gasteiger partial charge < -0.3 is 24.4 Å². The number of nitrogens with zero attached hydrogens (tertiary/aromatic N) is 6. The van der Waals surface area contributed by atoms with Crippen molar-refractivity contribution in [3.8, 4) is 0 Å². The summed E-state index contributed by atoms with van der Waals surface area (Å²) in [6.45, 7) is 9.63. The van der Waals surface area contributed by atoms with Crippen molar-refractivity contribution in [2.45, 2.75) is 39.0 Å². The summed E-state index contributed by atoms with van der Waals surface area (Å²) in [5, 5.41) is 3.56. The van der Waals surface area contributed by atoms with Crippen LogP contribution in [0.2, 0.25) is 0 Å². The SMILES string of the molecule is CN=C(NCc1ccnc(N2CCOC(C)C2)c1)N1CCC(C)C(n2ccnc2)C1.I. The largest absolute Gasteiger partial charge is 0.375 e. The topological polar surface area (TPSA) is 70.8 Å². The Morgan fingerprint density at radius 1 is 1.26 bits per heavy atom. The van der Waals surface area contributed by atoms with Gasteiger partial charge in [0.2, 0.25) is 0 Å². The van der Waals surface area contributed by atoms with E-state index in [1.807, 2.05) is 25.8 Å². The maximum Gasteiger partial charge on any atom is 0.193 e. The number of hydrogen-bond acceptors (Lipinski definition) is 5. The van der Waals surface area contributed by atoms with Gasteiger partial charge in [-0.1, -0.05) is 6.92 Å². The summed E-state index contributed by atoms with van der Waals surface area (Å²) in [5.41, 5.74) is 1.21. The first-order valence-corrected chi connectivity index (χ1v) is 10.9. The lowest BCUT2D eigenvalue weighted by molar-refractivity contribution is 0.0529. The average molecular weight is 539 g/mol. The molecule has 3 atom stereocenters. The number of likely N-dealkylation sites (tertiary alicyclic amines) is 1. The number of hydrogen-bond donors (Lipinski definition) is 1. The summed E-state index contributed by atoms with van der Waals surface area (Å²) in [6, 6.07) is 4.65. The van der Waals surface area contributed by atoms with Crippen LogP contribution in [0.1, 0.15) is 31.9 Å². The molecule has 0 amide bonds. The molecule has 2 fully saturated rings. The number of rotatable bonds is 4. The van der Waals surface area contributed by atoms with E-state index in [1.54, 1.807) is 0 Å². The van der Waals surface area contributed by atoms with E-state index in [0.717, 1.165) is 57.5 Å². The fourth-order valence-corrected chi connectivity index (χ4v) is 4.38. The van der Waals surface area contributed by atoms with Crippen LogP contribution in [0.3, 0.4) is 0 Å². The number of halogens is 1. The summed E-state index contributed by atoms with van der Waals surface area (Å²) in [6.07, 6.45) is 9.11. The van der Waals surface area contributed by atoms with Crippen molar-refractivity contribution in [3.05, 3.63) is 42.6 Å². The molecule has 31 heavy (non-hydrogen) atoms. The van der Waals surface area contributed by atoms with Crippen molar-refractivity contribution < 1.29 is 4.74 Å². The van der Waals surface area contributed by atoms with Gasteiger partial charge in [0.25, 0.3) is 0 Å². The summed E-state index contributed by atoms with van der Waals surface area (Å²) < 4.78 is 7.88. The van der Waals surface area contributed by atoms with Crippen LogP contribution in [-0.4, -0.2) is 71.3 Å². The highest BCUT2D eigenvalue weighted by molar-refractivity contribution is 14.0. The van der Waals surface area contributed by atoms with E-state index in [-0.39, 0.29) is 30.1 Å². The number of morpholine rings is 1. The molecule has 2 aliphatic rings. The van der Waals surface area contributed by atoms with Gasteiger partial charge in [0.1, 0.15) is 5.82 Å². The van der Waals surface area contributed by atoms with E-state index < -0.39 is 0 Å². The quantitative estimate of drug-likeness (QED) is 0.366. The van der Waals surface area contributed by atoms with Crippen LogP contribution in [0.15, 0.2) is 42.0 Å². The first kappa shape index (κ1) is 23.8. The monoisotopic (exact) mass is 539 g/mol. The lowest BCUT2D eigenvalue weighted by Gasteiger charge is -2.39.